The molecule has 0 saturated carbocycles. The fourth-order valence-corrected chi connectivity index (χ4v) is 7.39. The molecule has 0 amide bonds. The highest BCUT2D eigenvalue weighted by Crippen LogP contribution is 2.31. The standard InChI is InChI=1S/C18H22N4O2.C16H15N3O.C15H13N3O2.C4H11NO/c1-13-10-14(12-19-8-4-5-9-23)18(24)17(11-13)22-20-15-6-2-3-7-16(15)21-22;1-3-6-12-9-11(2)10-15(16(12)20)19-17-13-7-4-5-8-14(13)18-19;1-10-8-11(6-7-19)15(20)14(9-10)18-16-12-4-2-3-5-13(12)17-18;5-3-1-2-4-6/h2-3,6-7,10-11,19,23-24H,4-5,8-9,12H2,1H3;3-5,7-10,20H,1,6H2,2H3;2-5,7-9,20H,6H2,1H3;6H,1-5H2. The maximum Gasteiger partial charge on any atom is 0.147 e. The largest absolute Gasteiger partial charge is 0.505 e. The van der Waals surface area contributed by atoms with Gasteiger partial charge in [0, 0.05) is 42.9 Å². The monoisotopic (exact) mass is 947 g/mol. The minimum absolute atomic E-state index is 0.0445. The number of aromatic hydroxyl groups is 3. The number of phenols is 3. The molecule has 364 valence electrons. The number of fused-ring (bicyclic) bond motifs is 3. The third-order valence-electron chi connectivity index (χ3n) is 10.8. The number of nitrogens with one attached hydrogen (secondary N) is 1. The van der Waals surface area contributed by atoms with Crippen LogP contribution >= 0.6 is 0 Å². The van der Waals surface area contributed by atoms with Gasteiger partial charge in [0.2, 0.25) is 0 Å². The van der Waals surface area contributed by atoms with Gasteiger partial charge in [0.05, 0.1) is 0 Å². The molecule has 6 aromatic carbocycles. The lowest BCUT2D eigenvalue weighted by Crippen LogP contribution is -2.15. The molecule has 0 atom stereocenters. The van der Waals surface area contributed by atoms with Gasteiger partial charge in [-0.1, -0.05) is 60.7 Å². The number of carbonyl (C=O) groups excluding carboxylic acids is 1. The van der Waals surface area contributed by atoms with E-state index in [-0.39, 0.29) is 36.9 Å². The number of nitrogens with two attached hydrogens (primary N) is 1. The maximum atomic E-state index is 10.7. The topological polar surface area (TPSA) is 248 Å². The van der Waals surface area contributed by atoms with E-state index in [0.717, 1.165) is 99.4 Å². The molecule has 0 aliphatic carbocycles. The Balaban J connectivity index is 0.000000163. The van der Waals surface area contributed by atoms with E-state index in [1.54, 1.807) is 18.2 Å². The Morgan fingerprint density at radius 1 is 0.529 bits per heavy atom. The van der Waals surface area contributed by atoms with Crippen molar-refractivity contribution in [3.05, 3.63) is 155 Å². The van der Waals surface area contributed by atoms with Crippen molar-refractivity contribution in [1.82, 2.24) is 50.3 Å². The van der Waals surface area contributed by atoms with Crippen LogP contribution in [0.2, 0.25) is 0 Å². The van der Waals surface area contributed by atoms with E-state index in [9.17, 15) is 20.1 Å². The average molecular weight is 948 g/mol. The number of aliphatic hydroxyl groups excluding tert-OH is 2. The SMILES string of the molecule is C=CCc1cc(C)cc(-n2nc3ccccc3n2)c1O.Cc1cc(CC=O)c(O)c(-n2nc3ccccc3n2)c1.Cc1cc(CNCCCCO)c(O)c(-n2nc3ccccc3n2)c1.NCCCCO. The number of carbonyl (C=O) groups is 1. The Kier molecular flexibility index (Phi) is 18.8. The average Bonchev–Trinajstić information content (AvgIpc) is 4.12. The van der Waals surface area contributed by atoms with Crippen LogP contribution in [0.3, 0.4) is 0 Å². The highest BCUT2D eigenvalue weighted by Gasteiger charge is 2.16. The molecule has 17 heteroatoms. The molecule has 17 nitrogen and oxygen atoms in total. The predicted octanol–water partition coefficient (Wildman–Crippen LogP) is 7.35. The summed E-state index contributed by atoms with van der Waals surface area (Å²) < 4.78 is 0. The zero-order chi connectivity index (χ0) is 50.0. The number of rotatable bonds is 16. The van der Waals surface area contributed by atoms with Gasteiger partial charge in [0.25, 0.3) is 0 Å². The lowest BCUT2D eigenvalue weighted by molar-refractivity contribution is -0.107. The summed E-state index contributed by atoms with van der Waals surface area (Å²) in [4.78, 5) is 15.1. The number of allylic oxidation sites excluding steroid dienone is 1. The van der Waals surface area contributed by atoms with Gasteiger partial charge in [-0.2, -0.15) is 0 Å². The smallest absolute Gasteiger partial charge is 0.147 e. The van der Waals surface area contributed by atoms with E-state index in [0.29, 0.717) is 42.1 Å². The van der Waals surface area contributed by atoms with E-state index in [1.807, 2.05) is 118 Å². The fourth-order valence-electron chi connectivity index (χ4n) is 7.39. The molecular weight excluding hydrogens is 887 g/mol. The molecule has 8 N–H and O–H groups in total. The highest BCUT2D eigenvalue weighted by molar-refractivity contribution is 5.75. The summed E-state index contributed by atoms with van der Waals surface area (Å²) in [7, 11) is 0. The molecule has 3 heterocycles. The number of aliphatic hydroxyl groups is 2. The lowest BCUT2D eigenvalue weighted by Gasteiger charge is -2.11. The van der Waals surface area contributed by atoms with Crippen LogP contribution in [0.1, 0.15) is 59.1 Å². The van der Waals surface area contributed by atoms with Gasteiger partial charge < -0.3 is 41.4 Å². The third-order valence-corrected chi connectivity index (χ3v) is 10.8. The van der Waals surface area contributed by atoms with Crippen LogP contribution in [0.25, 0.3) is 50.2 Å². The summed E-state index contributed by atoms with van der Waals surface area (Å²) in [6.07, 6.45) is 6.79. The number of aryl methyl sites for hydroxylation is 3. The van der Waals surface area contributed by atoms with Crippen LogP contribution in [-0.2, 0) is 24.2 Å². The van der Waals surface area contributed by atoms with E-state index in [2.05, 4.69) is 42.5 Å². The van der Waals surface area contributed by atoms with Gasteiger partial charge in [0.15, 0.2) is 0 Å². The summed E-state index contributed by atoms with van der Waals surface area (Å²) >= 11 is 0. The molecule has 0 radical (unpaired) electrons. The molecular formula is C53H61N11O6. The number of aldehydes is 1. The van der Waals surface area contributed by atoms with Crippen LogP contribution in [0.5, 0.6) is 17.2 Å². The van der Waals surface area contributed by atoms with Crippen molar-refractivity contribution in [3.8, 4) is 34.3 Å². The number of aromatic nitrogens is 9. The van der Waals surface area contributed by atoms with Crippen molar-refractivity contribution in [2.24, 2.45) is 5.73 Å². The van der Waals surface area contributed by atoms with Crippen LogP contribution in [0, 0.1) is 20.8 Å². The summed E-state index contributed by atoms with van der Waals surface area (Å²) in [5.41, 5.74) is 16.7. The van der Waals surface area contributed by atoms with Crippen LogP contribution in [-0.4, -0.2) is 103 Å². The van der Waals surface area contributed by atoms with Gasteiger partial charge in [-0.3, -0.25) is 0 Å². The Hall–Kier alpha value is -7.83. The zero-order valence-electron chi connectivity index (χ0n) is 39.8. The van der Waals surface area contributed by atoms with Gasteiger partial charge in [0.1, 0.15) is 73.7 Å². The molecule has 0 aliphatic heterocycles. The molecule has 0 saturated heterocycles. The maximum absolute atomic E-state index is 10.7. The second kappa shape index (κ2) is 25.5. The van der Waals surface area contributed by atoms with Crippen molar-refractivity contribution < 1.29 is 30.3 Å². The van der Waals surface area contributed by atoms with Crippen molar-refractivity contribution in [2.75, 3.05) is 26.3 Å². The van der Waals surface area contributed by atoms with E-state index in [1.165, 1.54) is 14.4 Å². The van der Waals surface area contributed by atoms with Gasteiger partial charge >= 0.3 is 0 Å². The number of benzene rings is 6. The molecule has 3 aromatic heterocycles. The summed E-state index contributed by atoms with van der Waals surface area (Å²) in [5.74, 6) is 0.439. The fraction of sp³-hybridized carbons (Fsp3) is 0.264. The first kappa shape index (κ1) is 51.6. The quantitative estimate of drug-likeness (QED) is 0.0284. The van der Waals surface area contributed by atoms with E-state index >= 15 is 0 Å². The minimum Gasteiger partial charge on any atom is -0.505 e. The first-order chi connectivity index (χ1) is 34.0. The Labute approximate surface area is 406 Å². The van der Waals surface area contributed by atoms with Crippen molar-refractivity contribution >= 4 is 39.4 Å². The molecule has 0 spiro atoms. The van der Waals surface area contributed by atoms with E-state index in [4.69, 9.17) is 15.9 Å². The molecule has 0 bridgehead atoms. The summed E-state index contributed by atoms with van der Waals surface area (Å²) in [6.45, 7) is 12.1. The Morgan fingerprint density at radius 2 is 0.871 bits per heavy atom. The second-order valence-corrected chi connectivity index (χ2v) is 16.5. The molecule has 0 fully saturated rings. The Morgan fingerprint density at radius 3 is 1.20 bits per heavy atom. The molecule has 0 aliphatic rings. The first-order valence-corrected chi connectivity index (χ1v) is 23.1. The highest BCUT2D eigenvalue weighted by atomic mass is 16.3. The molecule has 9 rings (SSSR count). The third kappa shape index (κ3) is 13.4. The number of unbranched alkanes of at least 4 members (excludes halogenated alkanes) is 2. The van der Waals surface area contributed by atoms with Crippen molar-refractivity contribution in [3.63, 3.8) is 0 Å². The van der Waals surface area contributed by atoms with Gasteiger partial charge in [-0.05, 0) is 137 Å². The van der Waals surface area contributed by atoms with Crippen LogP contribution < -0.4 is 11.1 Å². The first-order valence-electron chi connectivity index (χ1n) is 23.1. The number of nitrogens with zero attached hydrogens (tertiary/aromatic N) is 9. The number of hydrogen-bond acceptors (Lipinski definition) is 14. The number of phenolic OH excluding ortho intramolecular Hbond substituents is 3. The van der Waals surface area contributed by atoms with Crippen LogP contribution in [0.15, 0.2) is 122 Å². The number of hydrogen-bond donors (Lipinski definition) is 7. The van der Waals surface area contributed by atoms with Crippen molar-refractivity contribution in [1.29, 1.82) is 0 Å². The summed E-state index contributed by atoms with van der Waals surface area (Å²) in [5, 5.41) is 77.9. The second-order valence-electron chi connectivity index (χ2n) is 16.5. The molecule has 70 heavy (non-hydrogen) atoms. The van der Waals surface area contributed by atoms with Gasteiger partial charge in [-0.15, -0.1) is 51.6 Å². The predicted molar refractivity (Wildman–Crippen MR) is 273 cm³/mol. The van der Waals surface area contributed by atoms with Gasteiger partial charge in [-0.25, -0.2) is 0 Å². The summed E-state index contributed by atoms with van der Waals surface area (Å²) in [6, 6.07) is 34.0. The molecule has 9 aromatic rings. The normalized spacial score (nSPS) is 10.8. The molecule has 0 unspecified atom stereocenters. The van der Waals surface area contributed by atoms with E-state index < -0.39 is 0 Å². The van der Waals surface area contributed by atoms with Crippen LogP contribution in [0.4, 0.5) is 0 Å². The minimum atomic E-state index is 0.0445. The Bertz CT molecular complexity index is 2900. The van der Waals surface area contributed by atoms with Crippen molar-refractivity contribution in [2.45, 2.75) is 65.8 Å². The lowest BCUT2D eigenvalue weighted by atomic mass is 10.1. The zero-order valence-corrected chi connectivity index (χ0v) is 39.8.